The van der Waals surface area contributed by atoms with Gasteiger partial charge in [0.25, 0.3) is 0 Å². The molecule has 0 spiro atoms. The van der Waals surface area contributed by atoms with E-state index in [1.54, 1.807) is 24.8 Å². The average molecular weight is 381 g/mol. The maximum Gasteiger partial charge on any atom is -0.0159 e. The highest BCUT2D eigenvalue weighted by Crippen LogP contribution is 2.48. The summed E-state index contributed by atoms with van der Waals surface area (Å²) < 4.78 is 0. The molecule has 1 aromatic carbocycles. The molecule has 0 bridgehead atoms. The van der Waals surface area contributed by atoms with Crippen LogP contribution in [0.1, 0.15) is 114 Å². The molecule has 0 saturated heterocycles. The van der Waals surface area contributed by atoms with Gasteiger partial charge in [0.1, 0.15) is 0 Å². The second-order valence-electron chi connectivity index (χ2n) is 10.7. The molecule has 156 valence electrons. The van der Waals surface area contributed by atoms with E-state index in [0.717, 1.165) is 41.9 Å². The monoisotopic (exact) mass is 380 g/mol. The maximum absolute atomic E-state index is 2.43. The highest BCUT2D eigenvalue weighted by Gasteiger charge is 2.36. The van der Waals surface area contributed by atoms with Crippen LogP contribution in [0.2, 0.25) is 0 Å². The molecule has 3 fully saturated rings. The number of hydrogen-bond donors (Lipinski definition) is 0. The molecule has 0 heteroatoms. The molecular formula is C28H44. The van der Waals surface area contributed by atoms with Gasteiger partial charge in [-0.3, -0.25) is 0 Å². The summed E-state index contributed by atoms with van der Waals surface area (Å²) in [6.07, 6.45) is 20.9. The van der Waals surface area contributed by atoms with Crippen LogP contribution in [0.15, 0.2) is 24.3 Å². The Labute approximate surface area is 174 Å². The standard InChI is InChI=1S/C28H44/c1-3-21-5-7-23(8-6-21)9-10-24-13-16-28-20-27(18-17-26(28)19-24)25-14-11-22(4-2)12-15-25/h11-12,14-15,21,23-24,26-28H,3-10,13,16-20H2,1-2H3. The first kappa shape index (κ1) is 20.5. The Kier molecular flexibility index (Phi) is 7.18. The lowest BCUT2D eigenvalue weighted by atomic mass is 9.63. The predicted molar refractivity (Wildman–Crippen MR) is 122 cm³/mol. The summed E-state index contributed by atoms with van der Waals surface area (Å²) in [6, 6.07) is 9.60. The van der Waals surface area contributed by atoms with Gasteiger partial charge in [-0.1, -0.05) is 89.5 Å². The van der Waals surface area contributed by atoms with Crippen molar-refractivity contribution >= 4 is 0 Å². The fourth-order valence-corrected chi connectivity index (χ4v) is 6.98. The Balaban J connectivity index is 1.22. The van der Waals surface area contributed by atoms with Crippen LogP contribution < -0.4 is 0 Å². The first-order valence-corrected chi connectivity index (χ1v) is 12.8. The molecule has 3 aliphatic rings. The highest BCUT2D eigenvalue weighted by molar-refractivity contribution is 5.26. The van der Waals surface area contributed by atoms with Crippen LogP contribution >= 0.6 is 0 Å². The van der Waals surface area contributed by atoms with Gasteiger partial charge in [0.05, 0.1) is 0 Å². The minimum absolute atomic E-state index is 0.845. The maximum atomic E-state index is 2.43. The van der Waals surface area contributed by atoms with Gasteiger partial charge in [0, 0.05) is 0 Å². The van der Waals surface area contributed by atoms with E-state index < -0.39 is 0 Å². The van der Waals surface area contributed by atoms with Gasteiger partial charge in [-0.05, 0) is 85.2 Å². The molecule has 3 saturated carbocycles. The molecule has 4 rings (SSSR count). The Morgan fingerprint density at radius 3 is 1.96 bits per heavy atom. The van der Waals surface area contributed by atoms with E-state index in [2.05, 4.69) is 38.1 Å². The van der Waals surface area contributed by atoms with Crippen LogP contribution in [0.3, 0.4) is 0 Å². The fourth-order valence-electron chi connectivity index (χ4n) is 6.98. The summed E-state index contributed by atoms with van der Waals surface area (Å²) >= 11 is 0. The van der Waals surface area contributed by atoms with Gasteiger partial charge in [-0.2, -0.15) is 0 Å². The Hall–Kier alpha value is -0.780. The molecule has 4 atom stereocenters. The van der Waals surface area contributed by atoms with Gasteiger partial charge >= 0.3 is 0 Å². The van der Waals surface area contributed by atoms with Crippen LogP contribution in [-0.2, 0) is 6.42 Å². The second kappa shape index (κ2) is 9.82. The number of rotatable bonds is 6. The van der Waals surface area contributed by atoms with E-state index >= 15 is 0 Å². The van der Waals surface area contributed by atoms with Gasteiger partial charge in [0.15, 0.2) is 0 Å². The summed E-state index contributed by atoms with van der Waals surface area (Å²) in [6.45, 7) is 4.65. The SMILES string of the molecule is CCc1ccc(C2CCC3CC(CCC4CCC(CC)CC4)CCC3C2)cc1. The van der Waals surface area contributed by atoms with Gasteiger partial charge in [-0.15, -0.1) is 0 Å². The summed E-state index contributed by atoms with van der Waals surface area (Å²) in [7, 11) is 0. The minimum atomic E-state index is 0.845. The lowest BCUT2D eigenvalue weighted by Crippen LogP contribution is -2.30. The molecule has 0 heterocycles. The molecule has 0 amide bonds. The normalized spacial score (nSPS) is 36.1. The molecule has 0 aromatic heterocycles. The van der Waals surface area contributed by atoms with Crippen molar-refractivity contribution < 1.29 is 0 Å². The van der Waals surface area contributed by atoms with Crippen molar-refractivity contribution in [2.45, 2.75) is 110 Å². The van der Waals surface area contributed by atoms with E-state index in [-0.39, 0.29) is 0 Å². The Morgan fingerprint density at radius 1 is 0.643 bits per heavy atom. The summed E-state index contributed by atoms with van der Waals surface area (Å²) in [5.74, 6) is 6.12. The topological polar surface area (TPSA) is 0 Å². The van der Waals surface area contributed by atoms with Crippen LogP contribution in [-0.4, -0.2) is 0 Å². The summed E-state index contributed by atoms with van der Waals surface area (Å²) in [4.78, 5) is 0. The van der Waals surface area contributed by atoms with Crippen molar-refractivity contribution in [3.63, 3.8) is 0 Å². The third-order valence-electron chi connectivity index (χ3n) is 9.11. The van der Waals surface area contributed by atoms with Crippen LogP contribution in [0.25, 0.3) is 0 Å². The van der Waals surface area contributed by atoms with Crippen molar-refractivity contribution in [3.05, 3.63) is 35.4 Å². The zero-order valence-corrected chi connectivity index (χ0v) is 18.7. The molecule has 28 heavy (non-hydrogen) atoms. The highest BCUT2D eigenvalue weighted by atomic mass is 14.4. The zero-order valence-electron chi connectivity index (χ0n) is 18.7. The lowest BCUT2D eigenvalue weighted by Gasteiger charge is -2.43. The first-order chi connectivity index (χ1) is 13.7. The molecule has 3 aliphatic carbocycles. The molecule has 0 nitrogen and oxygen atoms in total. The zero-order chi connectivity index (χ0) is 19.3. The Bertz CT molecular complexity index is 577. The second-order valence-corrected chi connectivity index (χ2v) is 10.7. The van der Waals surface area contributed by atoms with Crippen LogP contribution in [0, 0.1) is 29.6 Å². The van der Waals surface area contributed by atoms with Crippen molar-refractivity contribution in [1.82, 2.24) is 0 Å². The number of fused-ring (bicyclic) bond motifs is 1. The van der Waals surface area contributed by atoms with Gasteiger partial charge in [-0.25, -0.2) is 0 Å². The number of benzene rings is 1. The van der Waals surface area contributed by atoms with Crippen LogP contribution in [0.5, 0.6) is 0 Å². The summed E-state index contributed by atoms with van der Waals surface area (Å²) in [5, 5.41) is 0. The molecule has 1 aromatic rings. The Morgan fingerprint density at radius 2 is 1.25 bits per heavy atom. The van der Waals surface area contributed by atoms with E-state index in [4.69, 9.17) is 0 Å². The fraction of sp³-hybridized carbons (Fsp3) is 0.786. The molecule has 0 N–H and O–H groups in total. The van der Waals surface area contributed by atoms with E-state index in [0.29, 0.717) is 0 Å². The molecule has 0 radical (unpaired) electrons. The van der Waals surface area contributed by atoms with Crippen molar-refractivity contribution in [2.75, 3.05) is 0 Å². The van der Waals surface area contributed by atoms with Crippen LogP contribution in [0.4, 0.5) is 0 Å². The summed E-state index contributed by atoms with van der Waals surface area (Å²) in [5.41, 5.74) is 3.11. The average Bonchev–Trinajstić information content (AvgIpc) is 2.77. The van der Waals surface area contributed by atoms with Gasteiger partial charge in [0.2, 0.25) is 0 Å². The van der Waals surface area contributed by atoms with Crippen molar-refractivity contribution in [2.24, 2.45) is 29.6 Å². The lowest BCUT2D eigenvalue weighted by molar-refractivity contribution is 0.109. The van der Waals surface area contributed by atoms with E-state index in [9.17, 15) is 0 Å². The number of hydrogen-bond acceptors (Lipinski definition) is 0. The first-order valence-electron chi connectivity index (χ1n) is 12.8. The third-order valence-corrected chi connectivity index (χ3v) is 9.11. The smallest absolute Gasteiger partial charge is 0.0159 e. The quantitative estimate of drug-likeness (QED) is 0.463. The largest absolute Gasteiger partial charge is 0.0651 e. The van der Waals surface area contributed by atoms with Gasteiger partial charge < -0.3 is 0 Å². The minimum Gasteiger partial charge on any atom is -0.0651 e. The van der Waals surface area contributed by atoms with E-state index in [1.165, 1.54) is 69.8 Å². The van der Waals surface area contributed by atoms with Crippen molar-refractivity contribution in [3.8, 4) is 0 Å². The molecule has 0 aliphatic heterocycles. The van der Waals surface area contributed by atoms with E-state index in [1.807, 2.05) is 0 Å². The predicted octanol–water partition coefficient (Wildman–Crippen LogP) is 8.55. The van der Waals surface area contributed by atoms with Crippen molar-refractivity contribution in [1.29, 1.82) is 0 Å². The number of aryl methyl sites for hydroxylation is 1. The molecular weight excluding hydrogens is 336 g/mol. The third kappa shape index (κ3) is 5.03. The molecule has 4 unspecified atom stereocenters.